The second-order valence-electron chi connectivity index (χ2n) is 6.20. The minimum atomic E-state index is -0.117. The Labute approximate surface area is 132 Å². The number of nitrogens with two attached hydrogens (primary N) is 1. The summed E-state index contributed by atoms with van der Waals surface area (Å²) in [4.78, 5) is 10.9. The Morgan fingerprint density at radius 3 is 2.91 bits per heavy atom. The Morgan fingerprint density at radius 2 is 2.23 bits per heavy atom. The summed E-state index contributed by atoms with van der Waals surface area (Å²) in [6.07, 6.45) is 7.09. The summed E-state index contributed by atoms with van der Waals surface area (Å²) >= 11 is 0. The van der Waals surface area contributed by atoms with Crippen molar-refractivity contribution in [3.8, 4) is 0 Å². The Bertz CT molecular complexity index is 515. The summed E-state index contributed by atoms with van der Waals surface area (Å²) < 4.78 is 11.9. The highest BCUT2D eigenvalue weighted by atomic mass is 16.5. The van der Waals surface area contributed by atoms with Gasteiger partial charge in [-0.25, -0.2) is 4.98 Å². The summed E-state index contributed by atoms with van der Waals surface area (Å²) in [5, 5.41) is 0. The van der Waals surface area contributed by atoms with E-state index in [1.807, 2.05) is 6.20 Å². The van der Waals surface area contributed by atoms with E-state index in [4.69, 9.17) is 15.2 Å². The normalized spacial score (nSPS) is 24.6. The van der Waals surface area contributed by atoms with Crippen LogP contribution in [0, 0.1) is 0 Å². The number of hydrogen-bond donors (Lipinski definition) is 1. The molecule has 0 amide bonds. The smallest absolute Gasteiger partial charge is 0.221 e. The van der Waals surface area contributed by atoms with E-state index >= 15 is 0 Å². The van der Waals surface area contributed by atoms with Gasteiger partial charge in [0, 0.05) is 38.6 Å². The number of piperidine rings is 1. The van der Waals surface area contributed by atoms with Crippen LogP contribution in [0.15, 0.2) is 6.20 Å². The zero-order chi connectivity index (χ0) is 15.6. The summed E-state index contributed by atoms with van der Waals surface area (Å²) in [5.41, 5.74) is 6.81. The van der Waals surface area contributed by atoms with Crippen molar-refractivity contribution in [3.05, 3.63) is 11.8 Å². The second-order valence-corrected chi connectivity index (χ2v) is 6.20. The molecule has 0 radical (unpaired) electrons. The molecular formula is C16H26N4O2. The van der Waals surface area contributed by atoms with Crippen LogP contribution < -0.4 is 10.6 Å². The quantitative estimate of drug-likeness (QED) is 0.917. The highest BCUT2D eigenvalue weighted by Gasteiger charge is 2.45. The molecule has 0 unspecified atom stereocenters. The summed E-state index contributed by atoms with van der Waals surface area (Å²) in [6, 6.07) is 0. The Hall–Kier alpha value is -1.40. The fraction of sp³-hybridized carbons (Fsp3) is 0.750. The lowest BCUT2D eigenvalue weighted by Crippen LogP contribution is -2.56. The predicted molar refractivity (Wildman–Crippen MR) is 86.0 cm³/mol. The van der Waals surface area contributed by atoms with Gasteiger partial charge in [0.05, 0.1) is 11.7 Å². The van der Waals surface area contributed by atoms with Crippen LogP contribution in [0.3, 0.4) is 0 Å². The molecule has 6 nitrogen and oxygen atoms in total. The van der Waals surface area contributed by atoms with Crippen LogP contribution in [0.2, 0.25) is 0 Å². The summed E-state index contributed by atoms with van der Waals surface area (Å²) in [7, 11) is 1.80. The van der Waals surface area contributed by atoms with E-state index in [-0.39, 0.29) is 11.7 Å². The van der Waals surface area contributed by atoms with Crippen molar-refractivity contribution in [1.29, 1.82) is 0 Å². The van der Waals surface area contributed by atoms with Gasteiger partial charge in [0.15, 0.2) is 0 Å². The minimum absolute atomic E-state index is 0.117. The SMILES string of the molecule is CCc1cnc(N)nc1N1CCC2(CC1)OCCC[C@H]2OC. The van der Waals surface area contributed by atoms with Crippen molar-refractivity contribution in [2.24, 2.45) is 0 Å². The maximum Gasteiger partial charge on any atom is 0.221 e. The van der Waals surface area contributed by atoms with Crippen LogP contribution >= 0.6 is 0 Å². The van der Waals surface area contributed by atoms with Crippen molar-refractivity contribution in [1.82, 2.24) is 9.97 Å². The molecule has 0 aromatic carbocycles. The van der Waals surface area contributed by atoms with Crippen LogP contribution in [-0.2, 0) is 15.9 Å². The average Bonchev–Trinajstić information content (AvgIpc) is 2.56. The molecule has 2 fully saturated rings. The molecule has 3 heterocycles. The number of ether oxygens (including phenoxy) is 2. The second kappa shape index (κ2) is 6.38. The maximum absolute atomic E-state index is 6.17. The van der Waals surface area contributed by atoms with Crippen LogP contribution in [0.4, 0.5) is 11.8 Å². The standard InChI is InChI=1S/C16H26N4O2/c1-3-12-11-18-15(17)19-14(12)20-8-6-16(7-9-20)13(21-2)5-4-10-22-16/h11,13H,3-10H2,1-2H3,(H2,17,18,19)/t13-/m1/s1. The molecule has 0 bridgehead atoms. The van der Waals surface area contributed by atoms with Gasteiger partial charge in [-0.3, -0.25) is 0 Å². The predicted octanol–water partition coefficient (Wildman–Crippen LogP) is 1.79. The molecule has 0 aliphatic carbocycles. The third-order valence-corrected chi connectivity index (χ3v) is 5.02. The number of nitrogen functional groups attached to an aromatic ring is 1. The first-order chi connectivity index (χ1) is 10.7. The minimum Gasteiger partial charge on any atom is -0.378 e. The number of rotatable bonds is 3. The van der Waals surface area contributed by atoms with Gasteiger partial charge in [0.2, 0.25) is 5.95 Å². The number of anilines is 2. The first-order valence-electron chi connectivity index (χ1n) is 8.21. The van der Waals surface area contributed by atoms with Crippen LogP contribution in [0.5, 0.6) is 0 Å². The van der Waals surface area contributed by atoms with E-state index in [0.717, 1.165) is 63.2 Å². The first-order valence-corrected chi connectivity index (χ1v) is 8.21. The topological polar surface area (TPSA) is 73.5 Å². The van der Waals surface area contributed by atoms with Crippen LogP contribution in [-0.4, -0.2) is 48.5 Å². The molecule has 1 aromatic heterocycles. The number of aryl methyl sites for hydroxylation is 1. The molecule has 1 spiro atoms. The zero-order valence-electron chi connectivity index (χ0n) is 13.5. The molecule has 1 atom stereocenters. The van der Waals surface area contributed by atoms with Gasteiger partial charge in [0.25, 0.3) is 0 Å². The molecule has 6 heteroatoms. The zero-order valence-corrected chi connectivity index (χ0v) is 13.5. The van der Waals surface area contributed by atoms with Gasteiger partial charge in [-0.2, -0.15) is 4.98 Å². The lowest BCUT2D eigenvalue weighted by atomic mass is 9.82. The lowest BCUT2D eigenvalue weighted by molar-refractivity contribution is -0.175. The van der Waals surface area contributed by atoms with Crippen molar-refractivity contribution >= 4 is 11.8 Å². The molecular weight excluding hydrogens is 280 g/mol. The third kappa shape index (κ3) is 2.77. The third-order valence-electron chi connectivity index (χ3n) is 5.02. The number of nitrogens with zero attached hydrogens (tertiary/aromatic N) is 3. The molecule has 2 N–H and O–H groups in total. The maximum atomic E-state index is 6.17. The Morgan fingerprint density at radius 1 is 1.45 bits per heavy atom. The van der Waals surface area contributed by atoms with Crippen molar-refractivity contribution in [2.45, 2.75) is 50.7 Å². The number of methoxy groups -OCH3 is 1. The van der Waals surface area contributed by atoms with Crippen molar-refractivity contribution < 1.29 is 9.47 Å². The van der Waals surface area contributed by atoms with Crippen molar-refractivity contribution in [2.75, 3.05) is 37.4 Å². The fourth-order valence-corrected chi connectivity index (χ4v) is 3.73. The van der Waals surface area contributed by atoms with E-state index in [1.165, 1.54) is 0 Å². The van der Waals surface area contributed by atoms with Gasteiger partial charge < -0.3 is 20.1 Å². The van der Waals surface area contributed by atoms with Gasteiger partial charge >= 0.3 is 0 Å². The first kappa shape index (κ1) is 15.5. The Kier molecular flexibility index (Phi) is 4.49. The molecule has 2 aliphatic rings. The van der Waals surface area contributed by atoms with E-state index in [2.05, 4.69) is 21.8 Å². The molecule has 1 aromatic rings. The fourth-order valence-electron chi connectivity index (χ4n) is 3.73. The Balaban J connectivity index is 1.75. The van der Waals surface area contributed by atoms with Crippen LogP contribution in [0.1, 0.15) is 38.2 Å². The van der Waals surface area contributed by atoms with Gasteiger partial charge in [-0.1, -0.05) is 6.92 Å². The number of aromatic nitrogens is 2. The molecule has 2 saturated heterocycles. The monoisotopic (exact) mass is 306 g/mol. The number of hydrogen-bond acceptors (Lipinski definition) is 6. The lowest BCUT2D eigenvalue weighted by Gasteiger charge is -2.48. The van der Waals surface area contributed by atoms with E-state index in [9.17, 15) is 0 Å². The molecule has 3 rings (SSSR count). The molecule has 0 saturated carbocycles. The van der Waals surface area contributed by atoms with Gasteiger partial charge in [0.1, 0.15) is 5.82 Å². The molecule has 2 aliphatic heterocycles. The summed E-state index contributed by atoms with van der Waals surface area (Å²) in [5.74, 6) is 1.32. The van der Waals surface area contributed by atoms with E-state index in [0.29, 0.717) is 5.95 Å². The average molecular weight is 306 g/mol. The highest BCUT2D eigenvalue weighted by Crippen LogP contribution is 2.38. The summed E-state index contributed by atoms with van der Waals surface area (Å²) in [6.45, 7) is 4.81. The van der Waals surface area contributed by atoms with E-state index < -0.39 is 0 Å². The molecule has 22 heavy (non-hydrogen) atoms. The van der Waals surface area contributed by atoms with Crippen LogP contribution in [0.25, 0.3) is 0 Å². The van der Waals surface area contributed by atoms with E-state index in [1.54, 1.807) is 7.11 Å². The highest BCUT2D eigenvalue weighted by molar-refractivity contribution is 5.49. The van der Waals surface area contributed by atoms with Crippen molar-refractivity contribution in [3.63, 3.8) is 0 Å². The van der Waals surface area contributed by atoms with Gasteiger partial charge in [-0.05, 0) is 32.1 Å². The largest absolute Gasteiger partial charge is 0.378 e. The van der Waals surface area contributed by atoms with Gasteiger partial charge in [-0.15, -0.1) is 0 Å². The molecule has 122 valence electrons.